The van der Waals surface area contributed by atoms with Gasteiger partial charge in [-0.1, -0.05) is 29.8 Å². The second kappa shape index (κ2) is 6.88. The molecule has 1 N–H and O–H groups in total. The van der Waals surface area contributed by atoms with E-state index in [2.05, 4.69) is 35.1 Å². The molecule has 0 aliphatic rings. The summed E-state index contributed by atoms with van der Waals surface area (Å²) in [5, 5.41) is 14.4. The van der Waals surface area contributed by atoms with Gasteiger partial charge in [0.2, 0.25) is 0 Å². The molecule has 112 valence electrons. The van der Waals surface area contributed by atoms with Crippen LogP contribution in [0.5, 0.6) is 0 Å². The highest BCUT2D eigenvalue weighted by Gasteiger charge is 2.26. The third-order valence-electron chi connectivity index (χ3n) is 3.84. The van der Waals surface area contributed by atoms with Crippen LogP contribution >= 0.6 is 15.9 Å². The number of carbonyl (C=O) groups is 1. The standard InChI is InChI=1S/C13H20BrN3O3/c1-4-13(5-2,8-14)9-15-12(18)11-6-10(17(19)20)7-16(11)3/h6-7H,4-5,8-9H2,1-3H3,(H,15,18). The summed E-state index contributed by atoms with van der Waals surface area (Å²) in [5.41, 5.74) is 0.245. The number of rotatable bonds is 7. The van der Waals surface area contributed by atoms with E-state index in [1.165, 1.54) is 16.8 Å². The molecule has 0 unspecified atom stereocenters. The molecule has 1 aromatic heterocycles. The Morgan fingerprint density at radius 1 is 1.50 bits per heavy atom. The highest BCUT2D eigenvalue weighted by Crippen LogP contribution is 2.28. The van der Waals surface area contributed by atoms with Crippen LogP contribution in [-0.4, -0.2) is 27.3 Å². The van der Waals surface area contributed by atoms with Crippen molar-refractivity contribution in [3.63, 3.8) is 0 Å². The number of halogens is 1. The number of nitrogens with one attached hydrogen (secondary N) is 1. The molecule has 1 aromatic rings. The van der Waals surface area contributed by atoms with Crippen LogP contribution in [0.3, 0.4) is 0 Å². The fourth-order valence-electron chi connectivity index (χ4n) is 1.97. The van der Waals surface area contributed by atoms with Crippen molar-refractivity contribution < 1.29 is 9.72 Å². The zero-order chi connectivity index (χ0) is 15.3. The summed E-state index contributed by atoms with van der Waals surface area (Å²) in [7, 11) is 1.62. The number of nitro groups is 1. The maximum Gasteiger partial charge on any atom is 0.287 e. The first kappa shape index (κ1) is 16.7. The molecule has 1 amide bonds. The van der Waals surface area contributed by atoms with Crippen molar-refractivity contribution in [3.05, 3.63) is 28.1 Å². The van der Waals surface area contributed by atoms with Crippen molar-refractivity contribution in [2.24, 2.45) is 12.5 Å². The van der Waals surface area contributed by atoms with E-state index in [0.717, 1.165) is 18.2 Å². The highest BCUT2D eigenvalue weighted by molar-refractivity contribution is 9.09. The maximum atomic E-state index is 12.1. The largest absolute Gasteiger partial charge is 0.350 e. The van der Waals surface area contributed by atoms with Crippen LogP contribution in [0.4, 0.5) is 5.69 Å². The van der Waals surface area contributed by atoms with Gasteiger partial charge in [-0.25, -0.2) is 0 Å². The number of hydrogen-bond donors (Lipinski definition) is 1. The lowest BCUT2D eigenvalue weighted by molar-refractivity contribution is -0.384. The van der Waals surface area contributed by atoms with Crippen LogP contribution in [0.2, 0.25) is 0 Å². The number of hydrogen-bond acceptors (Lipinski definition) is 3. The van der Waals surface area contributed by atoms with Gasteiger partial charge in [-0.15, -0.1) is 0 Å². The molecule has 1 heterocycles. The molecule has 0 fully saturated rings. The summed E-state index contributed by atoms with van der Waals surface area (Å²) in [6.07, 6.45) is 3.23. The Hall–Kier alpha value is -1.37. The van der Waals surface area contributed by atoms with Crippen LogP contribution in [-0.2, 0) is 7.05 Å². The molecule has 0 aliphatic heterocycles. The smallest absolute Gasteiger partial charge is 0.287 e. The maximum absolute atomic E-state index is 12.1. The van der Waals surface area contributed by atoms with Crippen molar-refractivity contribution in [1.82, 2.24) is 9.88 Å². The third-order valence-corrected chi connectivity index (χ3v) is 5.03. The average Bonchev–Trinajstić information content (AvgIpc) is 2.83. The van der Waals surface area contributed by atoms with Gasteiger partial charge in [-0.3, -0.25) is 14.9 Å². The second-order valence-electron chi connectivity index (χ2n) is 4.97. The van der Waals surface area contributed by atoms with Gasteiger partial charge in [0.1, 0.15) is 5.69 Å². The molecular formula is C13H20BrN3O3. The average molecular weight is 346 g/mol. The van der Waals surface area contributed by atoms with E-state index >= 15 is 0 Å². The van der Waals surface area contributed by atoms with Crippen LogP contribution in [0.15, 0.2) is 12.3 Å². The predicted octanol–water partition coefficient (Wildman–Crippen LogP) is 2.86. The second-order valence-corrected chi connectivity index (χ2v) is 5.54. The SMILES string of the molecule is CCC(CC)(CBr)CNC(=O)c1cc([N+](=O)[O-])cn1C. The van der Waals surface area contributed by atoms with Crippen LogP contribution < -0.4 is 5.32 Å². The normalized spacial score (nSPS) is 11.4. The molecule has 0 aromatic carbocycles. The number of nitrogens with zero attached hydrogens (tertiary/aromatic N) is 2. The van der Waals surface area contributed by atoms with Gasteiger partial charge in [0, 0.05) is 25.0 Å². The van der Waals surface area contributed by atoms with Gasteiger partial charge in [0.15, 0.2) is 0 Å². The summed E-state index contributed by atoms with van der Waals surface area (Å²) >= 11 is 3.49. The third kappa shape index (κ3) is 3.59. The summed E-state index contributed by atoms with van der Waals surface area (Å²) in [6.45, 7) is 4.72. The Kier molecular flexibility index (Phi) is 5.74. The summed E-state index contributed by atoms with van der Waals surface area (Å²) in [6, 6.07) is 1.29. The van der Waals surface area contributed by atoms with Crippen molar-refractivity contribution in [1.29, 1.82) is 0 Å². The van der Waals surface area contributed by atoms with E-state index in [4.69, 9.17) is 0 Å². The Balaban J connectivity index is 2.79. The number of carbonyl (C=O) groups excluding carboxylic acids is 1. The van der Waals surface area contributed by atoms with Gasteiger partial charge >= 0.3 is 0 Å². The lowest BCUT2D eigenvalue weighted by Gasteiger charge is -2.29. The predicted molar refractivity (Wildman–Crippen MR) is 81.2 cm³/mol. The van der Waals surface area contributed by atoms with Crippen molar-refractivity contribution in [2.45, 2.75) is 26.7 Å². The first-order chi connectivity index (χ1) is 9.39. The topological polar surface area (TPSA) is 77.2 Å². The molecule has 0 aliphatic carbocycles. The molecule has 0 saturated carbocycles. The van der Waals surface area contributed by atoms with Crippen molar-refractivity contribution >= 4 is 27.5 Å². The van der Waals surface area contributed by atoms with Gasteiger partial charge in [-0.05, 0) is 18.3 Å². The van der Waals surface area contributed by atoms with E-state index in [0.29, 0.717) is 12.2 Å². The van der Waals surface area contributed by atoms with E-state index in [1.54, 1.807) is 7.05 Å². The Bertz CT molecular complexity index is 487. The minimum atomic E-state index is -0.502. The van der Waals surface area contributed by atoms with E-state index in [9.17, 15) is 14.9 Å². The van der Waals surface area contributed by atoms with Crippen LogP contribution in [0.25, 0.3) is 0 Å². The van der Waals surface area contributed by atoms with Crippen molar-refractivity contribution in [2.75, 3.05) is 11.9 Å². The Morgan fingerprint density at radius 3 is 2.50 bits per heavy atom. The lowest BCUT2D eigenvalue weighted by Crippen LogP contribution is -2.38. The number of amides is 1. The highest BCUT2D eigenvalue weighted by atomic mass is 79.9. The fourth-order valence-corrected chi connectivity index (χ4v) is 2.96. The van der Waals surface area contributed by atoms with Gasteiger partial charge < -0.3 is 9.88 Å². The molecule has 0 saturated heterocycles. The van der Waals surface area contributed by atoms with Crippen LogP contribution in [0.1, 0.15) is 37.2 Å². The van der Waals surface area contributed by atoms with E-state index in [1.807, 2.05) is 0 Å². The van der Waals surface area contributed by atoms with Crippen LogP contribution in [0, 0.1) is 15.5 Å². The molecule has 20 heavy (non-hydrogen) atoms. The fraction of sp³-hybridized carbons (Fsp3) is 0.615. The van der Waals surface area contributed by atoms with Gasteiger partial charge in [0.05, 0.1) is 11.1 Å². The first-order valence-corrected chi connectivity index (χ1v) is 7.66. The lowest BCUT2D eigenvalue weighted by atomic mass is 9.84. The summed E-state index contributed by atoms with van der Waals surface area (Å²) in [4.78, 5) is 22.3. The van der Waals surface area contributed by atoms with E-state index in [-0.39, 0.29) is 17.0 Å². The summed E-state index contributed by atoms with van der Waals surface area (Å²) < 4.78 is 1.47. The Morgan fingerprint density at radius 2 is 2.10 bits per heavy atom. The molecular weight excluding hydrogens is 326 g/mol. The minimum absolute atomic E-state index is 0.0206. The van der Waals surface area contributed by atoms with E-state index < -0.39 is 4.92 Å². The number of aryl methyl sites for hydroxylation is 1. The molecule has 0 atom stereocenters. The zero-order valence-corrected chi connectivity index (χ0v) is 13.6. The molecule has 6 nitrogen and oxygen atoms in total. The quantitative estimate of drug-likeness (QED) is 0.468. The molecule has 7 heteroatoms. The number of aromatic nitrogens is 1. The van der Waals surface area contributed by atoms with Gasteiger partial charge in [0.25, 0.3) is 11.6 Å². The minimum Gasteiger partial charge on any atom is -0.350 e. The zero-order valence-electron chi connectivity index (χ0n) is 12.0. The van der Waals surface area contributed by atoms with Crippen molar-refractivity contribution in [3.8, 4) is 0 Å². The molecule has 0 bridgehead atoms. The monoisotopic (exact) mass is 345 g/mol. The van der Waals surface area contributed by atoms with Gasteiger partial charge in [-0.2, -0.15) is 0 Å². The molecule has 0 spiro atoms. The first-order valence-electron chi connectivity index (χ1n) is 6.54. The Labute approximate surface area is 126 Å². The molecule has 1 rings (SSSR count). The number of alkyl halides is 1. The molecule has 0 radical (unpaired) electrons. The summed E-state index contributed by atoms with van der Waals surface area (Å²) in [5.74, 6) is -0.284.